The zero-order valence-corrected chi connectivity index (χ0v) is 14.2. The third-order valence-corrected chi connectivity index (χ3v) is 3.94. The fourth-order valence-electron chi connectivity index (χ4n) is 2.90. The van der Waals surface area contributed by atoms with E-state index in [9.17, 15) is 5.11 Å². The molecule has 0 amide bonds. The lowest BCUT2D eigenvalue weighted by Gasteiger charge is -2.21. The van der Waals surface area contributed by atoms with Crippen LogP contribution in [0.1, 0.15) is 32.3 Å². The van der Waals surface area contributed by atoms with Crippen LogP contribution in [0.5, 0.6) is 5.75 Å². The molecule has 0 aliphatic carbocycles. The number of phenolic OH excluding ortho intramolecular Hbond substituents is 1. The lowest BCUT2D eigenvalue weighted by Crippen LogP contribution is -2.23. The van der Waals surface area contributed by atoms with Crippen molar-refractivity contribution in [1.82, 2.24) is 5.32 Å². The molecule has 1 aromatic rings. The average molecular weight is 313 g/mol. The second-order valence-electron chi connectivity index (χ2n) is 6.00. The van der Waals surface area contributed by atoms with Crippen molar-refractivity contribution in [3.8, 4) is 5.75 Å². The molecule has 0 fully saturated rings. The van der Waals surface area contributed by atoms with Gasteiger partial charge in [0.1, 0.15) is 5.75 Å². The van der Waals surface area contributed by atoms with Gasteiger partial charge in [-0.2, -0.15) is 0 Å². The Kier molecular flexibility index (Phi) is 5.74. The highest BCUT2D eigenvalue weighted by atomic mass is 16.3. The molecule has 0 saturated carbocycles. The highest BCUT2D eigenvalue weighted by Gasteiger charge is 2.23. The van der Waals surface area contributed by atoms with Crippen molar-refractivity contribution in [2.24, 2.45) is 0 Å². The Bertz CT molecular complexity index is 619. The predicted octanol–water partition coefficient (Wildman–Crippen LogP) is 4.12. The van der Waals surface area contributed by atoms with E-state index in [-0.39, 0.29) is 0 Å². The molecule has 23 heavy (non-hydrogen) atoms. The highest BCUT2D eigenvalue weighted by molar-refractivity contribution is 5.71. The standard InChI is InChI=1S/C19H27N3O/c1-5-7-15(4)21-16-10-18-17(19(23)11-16)8-9-22(18)13-14(3)12-20-6-2/h6,10-12,20-21,23H,2,4-5,7-9,13H2,1,3H3/b14-12+. The van der Waals surface area contributed by atoms with Crippen molar-refractivity contribution in [1.29, 1.82) is 0 Å². The lowest BCUT2D eigenvalue weighted by molar-refractivity contribution is 0.470. The van der Waals surface area contributed by atoms with Crippen LogP contribution in [0, 0.1) is 0 Å². The molecule has 0 aromatic heterocycles. The first-order chi connectivity index (χ1) is 11.0. The molecule has 0 bridgehead atoms. The zero-order chi connectivity index (χ0) is 16.8. The summed E-state index contributed by atoms with van der Waals surface area (Å²) in [7, 11) is 0. The zero-order valence-electron chi connectivity index (χ0n) is 14.2. The van der Waals surface area contributed by atoms with Crippen LogP contribution in [0.15, 0.2) is 49.0 Å². The number of phenols is 1. The van der Waals surface area contributed by atoms with Gasteiger partial charge in [-0.05, 0) is 37.6 Å². The van der Waals surface area contributed by atoms with E-state index in [1.165, 1.54) is 5.57 Å². The molecule has 4 nitrogen and oxygen atoms in total. The number of anilines is 2. The summed E-state index contributed by atoms with van der Waals surface area (Å²) in [6.07, 6.45) is 6.47. The molecule has 0 unspecified atom stereocenters. The predicted molar refractivity (Wildman–Crippen MR) is 98.8 cm³/mol. The summed E-state index contributed by atoms with van der Waals surface area (Å²) >= 11 is 0. The largest absolute Gasteiger partial charge is 0.508 e. The third-order valence-electron chi connectivity index (χ3n) is 3.94. The number of fused-ring (bicyclic) bond motifs is 1. The minimum Gasteiger partial charge on any atom is -0.508 e. The molecule has 3 N–H and O–H groups in total. The number of benzene rings is 1. The molecule has 2 rings (SSSR count). The second-order valence-corrected chi connectivity index (χ2v) is 6.00. The van der Waals surface area contributed by atoms with Crippen LogP contribution < -0.4 is 15.5 Å². The van der Waals surface area contributed by atoms with Crippen molar-refractivity contribution in [2.45, 2.75) is 33.1 Å². The topological polar surface area (TPSA) is 47.5 Å². The molecule has 0 spiro atoms. The molecule has 124 valence electrons. The minimum atomic E-state index is 0.364. The van der Waals surface area contributed by atoms with Gasteiger partial charge in [0.05, 0.1) is 0 Å². The summed E-state index contributed by atoms with van der Waals surface area (Å²) < 4.78 is 0. The number of nitrogens with one attached hydrogen (secondary N) is 2. The summed E-state index contributed by atoms with van der Waals surface area (Å²) in [6, 6.07) is 3.91. The van der Waals surface area contributed by atoms with Crippen molar-refractivity contribution >= 4 is 11.4 Å². The van der Waals surface area contributed by atoms with E-state index >= 15 is 0 Å². The molecule has 1 aliphatic rings. The van der Waals surface area contributed by atoms with Crippen LogP contribution >= 0.6 is 0 Å². The Balaban J connectivity index is 2.18. The van der Waals surface area contributed by atoms with Crippen molar-refractivity contribution in [3.63, 3.8) is 0 Å². The van der Waals surface area contributed by atoms with E-state index < -0.39 is 0 Å². The van der Waals surface area contributed by atoms with E-state index in [0.717, 1.165) is 55.0 Å². The first-order valence-corrected chi connectivity index (χ1v) is 8.13. The van der Waals surface area contributed by atoms with Crippen molar-refractivity contribution in [3.05, 3.63) is 54.5 Å². The molecule has 0 atom stereocenters. The van der Waals surface area contributed by atoms with Crippen LogP contribution in [0.2, 0.25) is 0 Å². The Morgan fingerprint density at radius 3 is 2.91 bits per heavy atom. The number of aromatic hydroxyl groups is 1. The number of hydrogen-bond donors (Lipinski definition) is 3. The maximum atomic E-state index is 10.3. The molecule has 1 aliphatic heterocycles. The summed E-state index contributed by atoms with van der Waals surface area (Å²) in [5.41, 5.74) is 5.22. The summed E-state index contributed by atoms with van der Waals surface area (Å²) in [5, 5.41) is 16.6. The van der Waals surface area contributed by atoms with Crippen LogP contribution in [0.4, 0.5) is 11.4 Å². The normalized spacial score (nSPS) is 13.7. The number of hydrogen-bond acceptors (Lipinski definition) is 4. The van der Waals surface area contributed by atoms with Crippen LogP contribution in [0.25, 0.3) is 0 Å². The van der Waals surface area contributed by atoms with Gasteiger partial charge in [0.15, 0.2) is 0 Å². The first kappa shape index (κ1) is 17.0. The van der Waals surface area contributed by atoms with Gasteiger partial charge < -0.3 is 20.6 Å². The fourth-order valence-corrected chi connectivity index (χ4v) is 2.90. The molecule has 1 aromatic carbocycles. The average Bonchev–Trinajstić information content (AvgIpc) is 2.89. The first-order valence-electron chi connectivity index (χ1n) is 8.13. The van der Waals surface area contributed by atoms with Gasteiger partial charge >= 0.3 is 0 Å². The smallest absolute Gasteiger partial charge is 0.122 e. The van der Waals surface area contributed by atoms with Gasteiger partial charge in [0.2, 0.25) is 0 Å². The summed E-state index contributed by atoms with van der Waals surface area (Å²) in [6.45, 7) is 13.6. The fraction of sp³-hybridized carbons (Fsp3) is 0.368. The highest BCUT2D eigenvalue weighted by Crippen LogP contribution is 2.38. The molecular weight excluding hydrogens is 286 g/mol. The van der Waals surface area contributed by atoms with Crippen LogP contribution in [-0.4, -0.2) is 18.2 Å². The van der Waals surface area contributed by atoms with Crippen LogP contribution in [-0.2, 0) is 6.42 Å². The number of allylic oxidation sites excluding steroid dienone is 1. The third kappa shape index (κ3) is 4.31. The maximum Gasteiger partial charge on any atom is 0.122 e. The molecule has 0 saturated heterocycles. The lowest BCUT2D eigenvalue weighted by atomic mass is 10.1. The SMILES string of the molecule is C=CN/C=C(\C)CN1CCc2c(O)cc(NC(=C)CCC)cc21. The van der Waals surface area contributed by atoms with Crippen molar-refractivity contribution < 1.29 is 5.11 Å². The number of rotatable bonds is 8. The van der Waals surface area contributed by atoms with E-state index in [4.69, 9.17) is 0 Å². The Hall–Kier alpha value is -2.36. The van der Waals surface area contributed by atoms with E-state index in [2.05, 4.69) is 48.6 Å². The van der Waals surface area contributed by atoms with Gasteiger partial charge in [-0.15, -0.1) is 0 Å². The molecule has 4 heteroatoms. The van der Waals surface area contributed by atoms with Gasteiger partial charge in [-0.1, -0.05) is 26.5 Å². The molecular formula is C19H27N3O. The second kappa shape index (κ2) is 7.77. The van der Waals surface area contributed by atoms with Crippen molar-refractivity contribution in [2.75, 3.05) is 23.3 Å². The molecule has 0 radical (unpaired) electrons. The summed E-state index contributed by atoms with van der Waals surface area (Å²) in [4.78, 5) is 2.29. The Morgan fingerprint density at radius 2 is 2.22 bits per heavy atom. The monoisotopic (exact) mass is 313 g/mol. The van der Waals surface area contributed by atoms with E-state index in [1.807, 2.05) is 6.20 Å². The van der Waals surface area contributed by atoms with Crippen LogP contribution in [0.3, 0.4) is 0 Å². The van der Waals surface area contributed by atoms with Gasteiger partial charge in [-0.25, -0.2) is 0 Å². The quantitative estimate of drug-likeness (QED) is 0.676. The maximum absolute atomic E-state index is 10.3. The van der Waals surface area contributed by atoms with E-state index in [0.29, 0.717) is 5.75 Å². The Labute approximate surface area is 139 Å². The van der Waals surface area contributed by atoms with Gasteiger partial charge in [0, 0.05) is 48.0 Å². The number of nitrogens with zero attached hydrogens (tertiary/aromatic N) is 1. The summed E-state index contributed by atoms with van der Waals surface area (Å²) in [5.74, 6) is 0.364. The Morgan fingerprint density at radius 1 is 1.43 bits per heavy atom. The van der Waals surface area contributed by atoms with Gasteiger partial charge in [-0.3, -0.25) is 0 Å². The minimum absolute atomic E-state index is 0.364. The van der Waals surface area contributed by atoms with Gasteiger partial charge in [0.25, 0.3) is 0 Å². The molecule has 1 heterocycles. The van der Waals surface area contributed by atoms with E-state index in [1.54, 1.807) is 12.3 Å².